The van der Waals surface area contributed by atoms with Crippen LogP contribution in [0.2, 0.25) is 5.02 Å². The normalized spacial score (nSPS) is 11.9. The molecule has 0 aliphatic heterocycles. The smallest absolute Gasteiger partial charge is 0.436 e. The van der Waals surface area contributed by atoms with Gasteiger partial charge in [-0.25, -0.2) is 14.5 Å². The number of ether oxygens (including phenoxy) is 2. The van der Waals surface area contributed by atoms with Gasteiger partial charge in [0.05, 0.1) is 27.7 Å². The van der Waals surface area contributed by atoms with Gasteiger partial charge in [-0.3, -0.25) is 4.79 Å². The number of aromatic nitrogens is 4. The maximum atomic E-state index is 13.9. The molecule has 0 unspecified atom stereocenters. The summed E-state index contributed by atoms with van der Waals surface area (Å²) in [5.41, 5.74) is 0.747. The molecule has 2 aromatic carbocycles. The van der Waals surface area contributed by atoms with Crippen LogP contribution in [0.1, 0.15) is 58.6 Å². The molecule has 234 valence electrons. The molecule has 3 aromatic heterocycles. The van der Waals surface area contributed by atoms with E-state index >= 15 is 0 Å². The zero-order valence-corrected chi connectivity index (χ0v) is 25.8. The first-order chi connectivity index (χ1) is 21.1. The van der Waals surface area contributed by atoms with Gasteiger partial charge in [-0.2, -0.15) is 18.3 Å². The third-order valence-corrected chi connectivity index (χ3v) is 7.03. The van der Waals surface area contributed by atoms with Gasteiger partial charge in [-0.1, -0.05) is 17.7 Å². The van der Waals surface area contributed by atoms with Gasteiger partial charge < -0.3 is 18.8 Å². The highest BCUT2D eigenvalue weighted by Crippen LogP contribution is 2.37. The Bertz CT molecular complexity index is 1890. The summed E-state index contributed by atoms with van der Waals surface area (Å²) in [6, 6.07) is 15.5. The number of hydrogen-bond donors (Lipinski definition) is 0. The molecule has 5 rings (SSSR count). The van der Waals surface area contributed by atoms with Gasteiger partial charge in [-0.05, 0) is 82.3 Å². The number of anilines is 1. The van der Waals surface area contributed by atoms with Crippen LogP contribution in [0.25, 0.3) is 11.3 Å². The monoisotopic (exact) mass is 639 g/mol. The predicted molar refractivity (Wildman–Crippen MR) is 162 cm³/mol. The molecular formula is C32H29ClF3N5O4. The summed E-state index contributed by atoms with van der Waals surface area (Å²) in [5.74, 6) is -0.650. The molecule has 0 atom stereocenters. The van der Waals surface area contributed by atoms with Gasteiger partial charge in [0.25, 0.3) is 5.91 Å². The van der Waals surface area contributed by atoms with E-state index in [9.17, 15) is 22.8 Å². The molecule has 0 bridgehead atoms. The van der Waals surface area contributed by atoms with E-state index in [0.29, 0.717) is 5.69 Å². The van der Waals surface area contributed by atoms with E-state index in [1.807, 2.05) is 13.1 Å². The molecule has 0 N–H and O–H groups in total. The lowest BCUT2D eigenvalue weighted by Gasteiger charge is -2.19. The van der Waals surface area contributed by atoms with Crippen molar-refractivity contribution in [3.05, 3.63) is 106 Å². The lowest BCUT2D eigenvalue weighted by molar-refractivity contribution is -0.141. The van der Waals surface area contributed by atoms with Crippen LogP contribution in [0.3, 0.4) is 0 Å². The molecular weight excluding hydrogens is 611 g/mol. The van der Waals surface area contributed by atoms with Gasteiger partial charge >= 0.3 is 12.1 Å². The molecule has 0 aliphatic rings. The largest absolute Gasteiger partial charge is 0.487 e. The predicted octanol–water partition coefficient (Wildman–Crippen LogP) is 7.31. The number of carbonyl (C=O) groups excluding carboxylic acids is 2. The Morgan fingerprint density at radius 2 is 1.69 bits per heavy atom. The minimum absolute atomic E-state index is 0.0842. The van der Waals surface area contributed by atoms with Gasteiger partial charge in [-0.15, -0.1) is 0 Å². The average Bonchev–Trinajstić information content (AvgIpc) is 3.52. The van der Waals surface area contributed by atoms with E-state index < -0.39 is 41.0 Å². The average molecular weight is 640 g/mol. The molecule has 13 heteroatoms. The molecule has 0 fully saturated rings. The maximum absolute atomic E-state index is 13.9. The standard InChI is InChI=1S/C32H29ClF3N5O4/c1-19-16-40-17-23(11-14-26(40)37-19)39(5)29(42)21-7-6-8-22(15-21)41-25(27(33)28(38-41)32(34,35)36)18-44-24-12-9-20(10-13-24)30(43)45-31(2,3)4/h6-17H,18H2,1-5H3. The number of pyridine rings is 1. The minimum atomic E-state index is -4.84. The molecule has 0 radical (unpaired) electrons. The van der Waals surface area contributed by atoms with Crippen LogP contribution in [0.15, 0.2) is 73.1 Å². The fourth-order valence-electron chi connectivity index (χ4n) is 4.52. The van der Waals surface area contributed by atoms with Crippen molar-refractivity contribution in [2.24, 2.45) is 0 Å². The minimum Gasteiger partial charge on any atom is -0.487 e. The second kappa shape index (κ2) is 11.9. The van der Waals surface area contributed by atoms with Crippen molar-refractivity contribution in [3.8, 4) is 11.4 Å². The lowest BCUT2D eigenvalue weighted by Crippen LogP contribution is -2.26. The number of aryl methyl sites for hydroxylation is 1. The fraction of sp³-hybridized carbons (Fsp3) is 0.250. The van der Waals surface area contributed by atoms with Gasteiger partial charge in [0, 0.05) is 25.0 Å². The van der Waals surface area contributed by atoms with Crippen molar-refractivity contribution >= 4 is 34.8 Å². The number of rotatable bonds is 7. The number of hydrogen-bond acceptors (Lipinski definition) is 6. The third-order valence-electron chi connectivity index (χ3n) is 6.64. The molecule has 5 aromatic rings. The Morgan fingerprint density at radius 1 is 0.978 bits per heavy atom. The van der Waals surface area contributed by atoms with Crippen LogP contribution in [-0.2, 0) is 17.5 Å². The van der Waals surface area contributed by atoms with E-state index in [4.69, 9.17) is 21.1 Å². The molecule has 1 amide bonds. The topological polar surface area (TPSA) is 91.0 Å². The Morgan fingerprint density at radius 3 is 2.36 bits per heavy atom. The van der Waals surface area contributed by atoms with Crippen molar-refractivity contribution in [2.45, 2.75) is 46.1 Å². The highest BCUT2D eigenvalue weighted by Gasteiger charge is 2.39. The van der Waals surface area contributed by atoms with E-state index in [1.165, 1.54) is 41.3 Å². The van der Waals surface area contributed by atoms with Crippen LogP contribution < -0.4 is 9.64 Å². The molecule has 0 saturated heterocycles. The molecule has 3 heterocycles. The summed E-state index contributed by atoms with van der Waals surface area (Å²) in [6.45, 7) is 6.71. The summed E-state index contributed by atoms with van der Waals surface area (Å²) >= 11 is 6.21. The summed E-state index contributed by atoms with van der Waals surface area (Å²) in [4.78, 5) is 31.6. The van der Waals surface area contributed by atoms with Crippen LogP contribution in [0, 0.1) is 6.92 Å². The summed E-state index contributed by atoms with van der Waals surface area (Å²) in [7, 11) is 1.60. The fourth-order valence-corrected chi connectivity index (χ4v) is 4.80. The Hall–Kier alpha value is -4.84. The number of fused-ring (bicyclic) bond motifs is 1. The molecule has 0 spiro atoms. The molecule has 9 nitrogen and oxygen atoms in total. The van der Waals surface area contributed by atoms with E-state index in [-0.39, 0.29) is 28.3 Å². The SMILES string of the molecule is Cc1cn2cc(N(C)C(=O)c3cccc(-n4nc(C(F)(F)F)c(Cl)c4COc4ccc(C(=O)OC(C)(C)C)cc4)c3)ccc2n1. The first kappa shape index (κ1) is 31.6. The first-order valence-corrected chi connectivity index (χ1v) is 14.1. The number of benzene rings is 2. The van der Waals surface area contributed by atoms with Crippen LogP contribution in [0.5, 0.6) is 5.75 Å². The second-order valence-corrected chi connectivity index (χ2v) is 11.7. The van der Waals surface area contributed by atoms with E-state index in [1.54, 1.807) is 62.7 Å². The number of carbonyl (C=O) groups is 2. The van der Waals surface area contributed by atoms with Crippen molar-refractivity contribution in [3.63, 3.8) is 0 Å². The Labute approximate surface area is 261 Å². The number of esters is 1. The van der Waals surface area contributed by atoms with Crippen molar-refractivity contribution in [2.75, 3.05) is 11.9 Å². The maximum Gasteiger partial charge on any atom is 0.436 e. The zero-order chi connectivity index (χ0) is 32.7. The van der Waals surface area contributed by atoms with Crippen molar-refractivity contribution in [1.29, 1.82) is 0 Å². The second-order valence-electron chi connectivity index (χ2n) is 11.3. The number of halogens is 4. The molecule has 45 heavy (non-hydrogen) atoms. The van der Waals surface area contributed by atoms with Crippen molar-refractivity contribution in [1.82, 2.24) is 19.2 Å². The number of amides is 1. The number of nitrogens with zero attached hydrogens (tertiary/aromatic N) is 5. The van der Waals surface area contributed by atoms with Gasteiger partial charge in [0.2, 0.25) is 0 Å². The van der Waals surface area contributed by atoms with Gasteiger partial charge in [0.15, 0.2) is 5.69 Å². The van der Waals surface area contributed by atoms with Crippen LogP contribution >= 0.6 is 11.6 Å². The van der Waals surface area contributed by atoms with Crippen molar-refractivity contribution < 1.29 is 32.2 Å². The zero-order valence-electron chi connectivity index (χ0n) is 25.0. The summed E-state index contributed by atoms with van der Waals surface area (Å²) < 4.78 is 55.5. The Balaban J connectivity index is 1.42. The quantitative estimate of drug-likeness (QED) is 0.174. The highest BCUT2D eigenvalue weighted by atomic mass is 35.5. The lowest BCUT2D eigenvalue weighted by atomic mass is 10.1. The highest BCUT2D eigenvalue weighted by molar-refractivity contribution is 6.32. The van der Waals surface area contributed by atoms with Crippen LogP contribution in [0.4, 0.5) is 18.9 Å². The molecule has 0 saturated carbocycles. The van der Waals surface area contributed by atoms with Crippen LogP contribution in [-0.4, -0.2) is 43.7 Å². The van der Waals surface area contributed by atoms with E-state index in [2.05, 4.69) is 10.1 Å². The Kier molecular flexibility index (Phi) is 8.37. The van der Waals surface area contributed by atoms with Gasteiger partial charge in [0.1, 0.15) is 29.3 Å². The first-order valence-electron chi connectivity index (χ1n) is 13.8. The number of alkyl halides is 3. The third kappa shape index (κ3) is 6.96. The van der Waals surface area contributed by atoms with E-state index in [0.717, 1.165) is 16.0 Å². The summed E-state index contributed by atoms with van der Waals surface area (Å²) in [6.07, 6.45) is -1.25. The molecule has 0 aliphatic carbocycles. The number of imidazole rings is 1. The summed E-state index contributed by atoms with van der Waals surface area (Å²) in [5, 5.41) is 3.12.